The summed E-state index contributed by atoms with van der Waals surface area (Å²) in [7, 11) is 0. The van der Waals surface area contributed by atoms with E-state index in [1.165, 1.54) is 16.9 Å². The van der Waals surface area contributed by atoms with Crippen LogP contribution in [0.2, 0.25) is 0 Å². The zero-order valence-corrected chi connectivity index (χ0v) is 17.0. The molecule has 8 heteroatoms. The molecule has 0 bridgehead atoms. The zero-order chi connectivity index (χ0) is 20.9. The van der Waals surface area contributed by atoms with Crippen LogP contribution in [0.3, 0.4) is 0 Å². The summed E-state index contributed by atoms with van der Waals surface area (Å²) in [6.45, 7) is 6.21. The van der Waals surface area contributed by atoms with Gasteiger partial charge in [-0.05, 0) is 31.2 Å². The lowest BCUT2D eigenvalue weighted by atomic mass is 9.99. The Hall–Kier alpha value is -3.26. The SMILES string of the molecule is CCOC(=O)C1=C(C[NH+]2CCN(c3ccccc3)CC2)NC(=O)N[C@@H]1c1ccco1. The molecule has 1 fully saturated rings. The molecule has 4 rings (SSSR count). The van der Waals surface area contributed by atoms with E-state index in [0.717, 1.165) is 26.2 Å². The van der Waals surface area contributed by atoms with Crippen LogP contribution in [-0.4, -0.2) is 51.3 Å². The molecule has 3 N–H and O–H groups in total. The molecule has 0 spiro atoms. The van der Waals surface area contributed by atoms with Crippen LogP contribution in [-0.2, 0) is 9.53 Å². The van der Waals surface area contributed by atoms with E-state index in [0.29, 0.717) is 23.6 Å². The van der Waals surface area contributed by atoms with E-state index in [1.807, 2.05) is 18.2 Å². The third-order valence-corrected chi connectivity index (χ3v) is 5.50. The number of quaternary nitrogens is 1. The number of nitrogens with zero attached hydrogens (tertiary/aromatic N) is 1. The average molecular weight is 411 g/mol. The van der Waals surface area contributed by atoms with Crippen molar-refractivity contribution in [2.45, 2.75) is 13.0 Å². The monoisotopic (exact) mass is 411 g/mol. The number of rotatable bonds is 6. The van der Waals surface area contributed by atoms with Gasteiger partial charge in [0.1, 0.15) is 18.3 Å². The van der Waals surface area contributed by atoms with Gasteiger partial charge in [-0.25, -0.2) is 9.59 Å². The second-order valence-corrected chi connectivity index (χ2v) is 7.41. The van der Waals surface area contributed by atoms with Crippen molar-refractivity contribution in [3.05, 3.63) is 65.8 Å². The van der Waals surface area contributed by atoms with Gasteiger partial charge in [0.25, 0.3) is 0 Å². The molecule has 3 heterocycles. The van der Waals surface area contributed by atoms with Crippen LogP contribution in [0.4, 0.5) is 10.5 Å². The van der Waals surface area contributed by atoms with Crippen molar-refractivity contribution in [1.29, 1.82) is 0 Å². The molecule has 1 atom stereocenters. The first kappa shape index (κ1) is 20.0. The van der Waals surface area contributed by atoms with Gasteiger partial charge < -0.3 is 29.6 Å². The zero-order valence-electron chi connectivity index (χ0n) is 17.0. The van der Waals surface area contributed by atoms with Gasteiger partial charge in [-0.3, -0.25) is 0 Å². The lowest BCUT2D eigenvalue weighted by Gasteiger charge is -2.35. The maximum absolute atomic E-state index is 12.8. The maximum atomic E-state index is 12.8. The highest BCUT2D eigenvalue weighted by Crippen LogP contribution is 2.27. The van der Waals surface area contributed by atoms with Crippen molar-refractivity contribution >= 4 is 17.7 Å². The fourth-order valence-electron chi connectivity index (χ4n) is 4.02. The smallest absolute Gasteiger partial charge is 0.338 e. The van der Waals surface area contributed by atoms with Crippen LogP contribution in [0, 0.1) is 0 Å². The summed E-state index contributed by atoms with van der Waals surface area (Å²) in [6.07, 6.45) is 1.53. The molecule has 0 aliphatic carbocycles. The minimum Gasteiger partial charge on any atom is -0.467 e. The van der Waals surface area contributed by atoms with Gasteiger partial charge in [0.15, 0.2) is 0 Å². The van der Waals surface area contributed by atoms with E-state index in [-0.39, 0.29) is 12.6 Å². The maximum Gasteiger partial charge on any atom is 0.338 e. The second-order valence-electron chi connectivity index (χ2n) is 7.41. The normalized spacial score (nSPS) is 20.0. The highest BCUT2D eigenvalue weighted by atomic mass is 16.5. The van der Waals surface area contributed by atoms with Crippen molar-refractivity contribution < 1.29 is 23.6 Å². The van der Waals surface area contributed by atoms with Gasteiger partial charge >= 0.3 is 12.0 Å². The van der Waals surface area contributed by atoms with Crippen molar-refractivity contribution in [1.82, 2.24) is 10.6 Å². The Labute approximate surface area is 175 Å². The number of hydrogen-bond donors (Lipinski definition) is 3. The fourth-order valence-corrected chi connectivity index (χ4v) is 4.02. The summed E-state index contributed by atoms with van der Waals surface area (Å²) in [5, 5.41) is 5.62. The lowest BCUT2D eigenvalue weighted by molar-refractivity contribution is -0.896. The number of carbonyl (C=O) groups is 2. The molecule has 2 aromatic rings. The Morgan fingerprint density at radius 2 is 1.97 bits per heavy atom. The van der Waals surface area contributed by atoms with Crippen molar-refractivity contribution in [2.75, 3.05) is 44.2 Å². The van der Waals surface area contributed by atoms with Gasteiger partial charge in [-0.15, -0.1) is 0 Å². The molecule has 1 aromatic carbocycles. The summed E-state index contributed by atoms with van der Waals surface area (Å²) in [5.41, 5.74) is 2.22. The summed E-state index contributed by atoms with van der Waals surface area (Å²) in [6, 6.07) is 12.8. The van der Waals surface area contributed by atoms with E-state index >= 15 is 0 Å². The molecule has 0 radical (unpaired) electrons. The largest absolute Gasteiger partial charge is 0.467 e. The first-order valence-corrected chi connectivity index (χ1v) is 10.3. The number of anilines is 1. The highest BCUT2D eigenvalue weighted by molar-refractivity contribution is 5.95. The van der Waals surface area contributed by atoms with Crippen molar-refractivity contribution in [3.63, 3.8) is 0 Å². The number of hydrogen-bond acceptors (Lipinski definition) is 5. The van der Waals surface area contributed by atoms with Gasteiger partial charge in [0.05, 0.1) is 50.3 Å². The van der Waals surface area contributed by atoms with Crippen LogP contribution in [0.1, 0.15) is 18.7 Å². The lowest BCUT2D eigenvalue weighted by Crippen LogP contribution is -3.15. The summed E-state index contributed by atoms with van der Waals surface area (Å²) < 4.78 is 10.8. The fraction of sp³-hybridized carbons (Fsp3) is 0.364. The number of furan rings is 1. The van der Waals surface area contributed by atoms with Gasteiger partial charge in [-0.2, -0.15) is 0 Å². The third-order valence-electron chi connectivity index (χ3n) is 5.50. The first-order chi connectivity index (χ1) is 14.7. The molecule has 1 aromatic heterocycles. The number of nitrogens with one attached hydrogen (secondary N) is 3. The van der Waals surface area contributed by atoms with Crippen molar-refractivity contribution in [2.24, 2.45) is 0 Å². The topological polar surface area (TPSA) is 88.2 Å². The molecule has 158 valence electrons. The third kappa shape index (κ3) is 4.33. The Morgan fingerprint density at radius 1 is 1.20 bits per heavy atom. The number of para-hydroxylation sites is 1. The number of piperazine rings is 1. The number of urea groups is 1. The molecule has 0 unspecified atom stereocenters. The summed E-state index contributed by atoms with van der Waals surface area (Å²) >= 11 is 0. The number of amides is 2. The van der Waals surface area contributed by atoms with Crippen LogP contribution in [0.15, 0.2) is 64.4 Å². The second kappa shape index (κ2) is 9.04. The molecule has 2 aliphatic rings. The minimum absolute atomic E-state index is 0.261. The minimum atomic E-state index is -0.659. The Bertz CT molecular complexity index is 902. The molecular formula is C22H27N4O4+. The van der Waals surface area contributed by atoms with E-state index < -0.39 is 12.0 Å². The Morgan fingerprint density at radius 3 is 2.63 bits per heavy atom. The predicted molar refractivity (Wildman–Crippen MR) is 111 cm³/mol. The van der Waals surface area contributed by atoms with Crippen molar-refractivity contribution in [3.8, 4) is 0 Å². The molecule has 1 saturated heterocycles. The Balaban J connectivity index is 1.53. The quantitative estimate of drug-likeness (QED) is 0.614. The van der Waals surface area contributed by atoms with E-state index in [2.05, 4.69) is 27.7 Å². The number of carbonyl (C=O) groups excluding carboxylic acids is 2. The molecule has 2 aliphatic heterocycles. The van der Waals surface area contributed by atoms with Crippen LogP contribution >= 0.6 is 0 Å². The molecule has 8 nitrogen and oxygen atoms in total. The van der Waals surface area contributed by atoms with E-state index in [9.17, 15) is 9.59 Å². The van der Waals surface area contributed by atoms with Gasteiger partial charge in [0, 0.05) is 5.69 Å². The van der Waals surface area contributed by atoms with E-state index in [1.54, 1.807) is 19.1 Å². The Kier molecular flexibility index (Phi) is 6.04. The average Bonchev–Trinajstić information content (AvgIpc) is 3.29. The van der Waals surface area contributed by atoms with Gasteiger partial charge in [0.2, 0.25) is 0 Å². The standard InChI is InChI=1S/C22H26N4O4/c1-2-29-21(27)19-17(23-22(28)24-20(19)18-9-6-14-30-18)15-25-10-12-26(13-11-25)16-7-4-3-5-8-16/h3-9,14,20H,2,10-13,15H2,1H3,(H2,23,24,28)/p+1/t20-/m1/s1. The van der Waals surface area contributed by atoms with Gasteiger partial charge in [-0.1, -0.05) is 18.2 Å². The highest BCUT2D eigenvalue weighted by Gasteiger charge is 2.37. The number of esters is 1. The predicted octanol–water partition coefficient (Wildman–Crippen LogP) is 0.856. The van der Waals surface area contributed by atoms with Crippen LogP contribution in [0.5, 0.6) is 0 Å². The summed E-state index contributed by atoms with van der Waals surface area (Å²) in [5.74, 6) is 0.0676. The molecule has 0 saturated carbocycles. The molecule has 2 amide bonds. The van der Waals surface area contributed by atoms with Crippen LogP contribution in [0.25, 0.3) is 0 Å². The van der Waals surface area contributed by atoms with E-state index in [4.69, 9.17) is 9.15 Å². The first-order valence-electron chi connectivity index (χ1n) is 10.3. The summed E-state index contributed by atoms with van der Waals surface area (Å²) in [4.78, 5) is 28.7. The number of benzene rings is 1. The molecule has 30 heavy (non-hydrogen) atoms. The van der Waals surface area contributed by atoms with Crippen LogP contribution < -0.4 is 20.4 Å². The number of ether oxygens (including phenoxy) is 1. The molecular weight excluding hydrogens is 384 g/mol.